The molecule has 6 heteroatoms. The minimum atomic E-state index is 0.275. The summed E-state index contributed by atoms with van der Waals surface area (Å²) in [6.45, 7) is 6.42. The van der Waals surface area contributed by atoms with Crippen molar-refractivity contribution in [2.24, 2.45) is 15.6 Å². The number of hydrogen-bond acceptors (Lipinski definition) is 6. The molecule has 1 saturated heterocycles. The van der Waals surface area contributed by atoms with E-state index in [1.807, 2.05) is 48.5 Å². The first-order chi connectivity index (χ1) is 16.7. The van der Waals surface area contributed by atoms with Crippen molar-refractivity contribution in [2.75, 3.05) is 40.1 Å². The zero-order valence-corrected chi connectivity index (χ0v) is 20.8. The Morgan fingerprint density at radius 1 is 0.706 bits per heavy atom. The van der Waals surface area contributed by atoms with Gasteiger partial charge in [0.2, 0.25) is 0 Å². The molecule has 1 aliphatic heterocycles. The predicted octanol–water partition coefficient (Wildman–Crippen LogP) is 7.66. The first-order valence-electron chi connectivity index (χ1n) is 12.6. The highest BCUT2D eigenvalue weighted by Crippen LogP contribution is 2.26. The van der Waals surface area contributed by atoms with Crippen molar-refractivity contribution in [2.45, 2.75) is 58.3 Å². The van der Waals surface area contributed by atoms with Gasteiger partial charge in [-0.25, -0.2) is 0 Å². The number of nitrogens with zero attached hydrogens (tertiary/aromatic N) is 2. The van der Waals surface area contributed by atoms with E-state index in [0.717, 1.165) is 62.3 Å². The molecule has 186 valence electrons. The molecule has 34 heavy (non-hydrogen) atoms. The van der Waals surface area contributed by atoms with Crippen LogP contribution >= 0.6 is 0 Å². The lowest BCUT2D eigenvalue weighted by Gasteiger charge is -2.37. The number of rotatable bonds is 17. The van der Waals surface area contributed by atoms with Gasteiger partial charge in [-0.15, -0.1) is 0 Å². The Morgan fingerprint density at radius 2 is 1.21 bits per heavy atom. The second-order valence-electron chi connectivity index (χ2n) is 9.42. The Balaban J connectivity index is 1.14. The third kappa shape index (κ3) is 9.82. The van der Waals surface area contributed by atoms with E-state index in [1.165, 1.54) is 44.9 Å². The zero-order chi connectivity index (χ0) is 23.9. The minimum absolute atomic E-state index is 0.275. The van der Waals surface area contributed by atoms with Gasteiger partial charge in [0.1, 0.15) is 11.5 Å². The van der Waals surface area contributed by atoms with Crippen molar-refractivity contribution < 1.29 is 18.9 Å². The summed E-state index contributed by atoms with van der Waals surface area (Å²) in [6, 6.07) is 15.3. The van der Waals surface area contributed by atoms with Crippen LogP contribution in [0.3, 0.4) is 0 Å². The van der Waals surface area contributed by atoms with Crippen LogP contribution in [0.25, 0.3) is 0 Å². The Hall–Kier alpha value is -2.44. The van der Waals surface area contributed by atoms with Gasteiger partial charge in [-0.1, -0.05) is 45.4 Å². The summed E-state index contributed by atoms with van der Waals surface area (Å²) in [7, 11) is 1.65. The van der Waals surface area contributed by atoms with Gasteiger partial charge >= 0.3 is 0 Å². The molecule has 3 rings (SSSR count). The molecule has 1 fully saturated rings. The first-order valence-corrected chi connectivity index (χ1v) is 12.6. The van der Waals surface area contributed by atoms with Gasteiger partial charge in [0.05, 0.1) is 44.9 Å². The monoisotopic (exact) mass is 468 g/mol. The van der Waals surface area contributed by atoms with E-state index in [9.17, 15) is 0 Å². The van der Waals surface area contributed by atoms with Gasteiger partial charge in [-0.3, -0.25) is 0 Å². The van der Waals surface area contributed by atoms with Gasteiger partial charge in [-0.05, 0) is 61.4 Å². The summed E-state index contributed by atoms with van der Waals surface area (Å²) in [6.07, 6.45) is 9.97. The maximum Gasteiger partial charge on any atom is 0.119 e. The smallest absolute Gasteiger partial charge is 0.119 e. The highest BCUT2D eigenvalue weighted by atomic mass is 16.5. The highest BCUT2D eigenvalue weighted by Gasteiger charge is 2.33. The van der Waals surface area contributed by atoms with Crippen molar-refractivity contribution >= 4 is 11.4 Å². The van der Waals surface area contributed by atoms with Crippen LogP contribution in [0.5, 0.6) is 11.5 Å². The van der Waals surface area contributed by atoms with E-state index in [-0.39, 0.29) is 5.41 Å². The van der Waals surface area contributed by atoms with Crippen molar-refractivity contribution in [3.05, 3.63) is 48.5 Å². The number of azo groups is 1. The van der Waals surface area contributed by atoms with Crippen LogP contribution in [0.4, 0.5) is 11.4 Å². The number of methoxy groups -OCH3 is 1. The topological polar surface area (TPSA) is 61.6 Å². The first kappa shape index (κ1) is 26.2. The summed E-state index contributed by atoms with van der Waals surface area (Å²) in [4.78, 5) is 0. The summed E-state index contributed by atoms with van der Waals surface area (Å²) in [5, 5.41) is 8.52. The van der Waals surface area contributed by atoms with Gasteiger partial charge in [0.25, 0.3) is 0 Å². The van der Waals surface area contributed by atoms with Crippen LogP contribution in [0.1, 0.15) is 58.3 Å². The fourth-order valence-electron chi connectivity index (χ4n) is 3.78. The third-order valence-electron chi connectivity index (χ3n) is 5.99. The SMILES string of the molecule is COc1ccc(N=Nc2ccc(OCCCCCCCCCCOCC3(C)COC3)cc2)cc1. The van der Waals surface area contributed by atoms with Crippen LogP contribution < -0.4 is 9.47 Å². The second kappa shape index (κ2) is 14.7. The molecular formula is C28H40N2O4. The van der Waals surface area contributed by atoms with E-state index < -0.39 is 0 Å². The van der Waals surface area contributed by atoms with E-state index >= 15 is 0 Å². The molecule has 0 unspecified atom stereocenters. The molecule has 0 spiro atoms. The minimum Gasteiger partial charge on any atom is -0.497 e. The summed E-state index contributed by atoms with van der Waals surface area (Å²) in [5.74, 6) is 1.69. The van der Waals surface area contributed by atoms with E-state index in [1.54, 1.807) is 7.11 Å². The van der Waals surface area contributed by atoms with E-state index in [0.29, 0.717) is 0 Å². The molecule has 6 nitrogen and oxygen atoms in total. The largest absolute Gasteiger partial charge is 0.497 e. The van der Waals surface area contributed by atoms with Gasteiger partial charge < -0.3 is 18.9 Å². The molecule has 0 aromatic heterocycles. The quantitative estimate of drug-likeness (QED) is 0.177. The maximum atomic E-state index is 5.86. The number of benzene rings is 2. The van der Waals surface area contributed by atoms with Crippen molar-refractivity contribution in [1.82, 2.24) is 0 Å². The van der Waals surface area contributed by atoms with Crippen molar-refractivity contribution in [1.29, 1.82) is 0 Å². The number of unbranched alkanes of at least 4 members (excludes halogenated alkanes) is 7. The fraction of sp³-hybridized carbons (Fsp3) is 0.571. The Morgan fingerprint density at radius 3 is 1.71 bits per heavy atom. The Labute approximate surface area is 204 Å². The van der Waals surface area contributed by atoms with Gasteiger partial charge in [-0.2, -0.15) is 10.2 Å². The number of hydrogen-bond donors (Lipinski definition) is 0. The van der Waals surface area contributed by atoms with Gasteiger partial charge in [0, 0.05) is 12.0 Å². The normalized spacial score (nSPS) is 14.8. The molecule has 0 bridgehead atoms. The molecular weight excluding hydrogens is 428 g/mol. The van der Waals surface area contributed by atoms with Crippen molar-refractivity contribution in [3.63, 3.8) is 0 Å². The molecule has 0 atom stereocenters. The van der Waals surface area contributed by atoms with Crippen molar-refractivity contribution in [3.8, 4) is 11.5 Å². The second-order valence-corrected chi connectivity index (χ2v) is 9.42. The molecule has 1 aliphatic rings. The van der Waals surface area contributed by atoms with Crippen LogP contribution in [-0.4, -0.2) is 40.1 Å². The lowest BCUT2D eigenvalue weighted by Crippen LogP contribution is -2.43. The maximum absolute atomic E-state index is 5.86. The molecule has 2 aromatic carbocycles. The van der Waals surface area contributed by atoms with Crippen LogP contribution in [0, 0.1) is 5.41 Å². The average molecular weight is 469 g/mol. The molecule has 0 radical (unpaired) electrons. The zero-order valence-electron chi connectivity index (χ0n) is 20.8. The summed E-state index contributed by atoms with van der Waals surface area (Å²) < 4.78 is 22.0. The molecule has 0 aliphatic carbocycles. The van der Waals surface area contributed by atoms with Crippen LogP contribution in [0.15, 0.2) is 58.8 Å². The molecule has 1 heterocycles. The molecule has 0 N–H and O–H groups in total. The Bertz CT molecular complexity index is 832. The standard InChI is InChI=1S/C28H40N2O4/c1-28(22-33-23-28)21-32-19-9-7-5-3-4-6-8-10-20-34-27-17-13-25(14-18-27)30-29-24-11-15-26(31-2)16-12-24/h11-18H,3-10,19-23H2,1-2H3. The molecule has 0 amide bonds. The van der Waals surface area contributed by atoms with Gasteiger partial charge in [0.15, 0.2) is 0 Å². The molecule has 0 saturated carbocycles. The van der Waals surface area contributed by atoms with Crippen LogP contribution in [0.2, 0.25) is 0 Å². The lowest BCUT2D eigenvalue weighted by atomic mass is 9.90. The fourth-order valence-corrected chi connectivity index (χ4v) is 3.78. The summed E-state index contributed by atoms with van der Waals surface area (Å²) in [5.41, 5.74) is 1.87. The lowest BCUT2D eigenvalue weighted by molar-refractivity contribution is -0.137. The van der Waals surface area contributed by atoms with E-state index in [2.05, 4.69) is 17.2 Å². The highest BCUT2D eigenvalue weighted by molar-refractivity contribution is 5.44. The van der Waals surface area contributed by atoms with E-state index in [4.69, 9.17) is 18.9 Å². The van der Waals surface area contributed by atoms with Crippen LogP contribution in [-0.2, 0) is 9.47 Å². The third-order valence-corrected chi connectivity index (χ3v) is 5.99. The number of ether oxygens (including phenoxy) is 4. The average Bonchev–Trinajstić information content (AvgIpc) is 2.85. The Kier molecular flexibility index (Phi) is 11.3. The molecule has 2 aromatic rings. The summed E-state index contributed by atoms with van der Waals surface area (Å²) >= 11 is 0. The predicted molar refractivity (Wildman–Crippen MR) is 136 cm³/mol.